The van der Waals surface area contributed by atoms with E-state index in [9.17, 15) is 0 Å². The number of hydrogen-bond acceptors (Lipinski definition) is 9. The van der Waals surface area contributed by atoms with Crippen molar-refractivity contribution in [3.63, 3.8) is 0 Å². The monoisotopic (exact) mass is 288 g/mol. The van der Waals surface area contributed by atoms with E-state index in [1.165, 1.54) is 0 Å². The minimum absolute atomic E-state index is 0.0278. The van der Waals surface area contributed by atoms with Gasteiger partial charge in [-0.05, 0) is 0 Å². The van der Waals surface area contributed by atoms with Crippen LogP contribution >= 0.6 is 0 Å². The van der Waals surface area contributed by atoms with Crippen LogP contribution < -0.4 is 0 Å². The van der Waals surface area contributed by atoms with Crippen LogP contribution in [-0.2, 0) is 4.74 Å². The lowest BCUT2D eigenvalue weighted by Gasteiger charge is -2.24. The molecule has 0 aromatic rings. The molecular formula is C10H24O9. The van der Waals surface area contributed by atoms with E-state index in [1.807, 2.05) is 0 Å². The molecule has 0 amide bonds. The molecule has 4 atom stereocenters. The van der Waals surface area contributed by atoms with Crippen LogP contribution in [0, 0.1) is 0 Å². The lowest BCUT2D eigenvalue weighted by atomic mass is 10.0. The zero-order valence-electron chi connectivity index (χ0n) is 10.5. The van der Waals surface area contributed by atoms with Crippen LogP contribution in [0.4, 0.5) is 0 Å². The lowest BCUT2D eigenvalue weighted by Crippen LogP contribution is -2.46. The highest BCUT2D eigenvalue weighted by atomic mass is 16.5. The summed E-state index contributed by atoms with van der Waals surface area (Å²) in [7, 11) is 0. The molecule has 0 aliphatic heterocycles. The predicted molar refractivity (Wildman–Crippen MR) is 63.2 cm³/mol. The van der Waals surface area contributed by atoms with Gasteiger partial charge in [0, 0.05) is 0 Å². The predicted octanol–water partition coefficient (Wildman–Crippen LogP) is -4.60. The first kappa shape index (κ1) is 20.9. The molecule has 0 saturated heterocycles. The largest absolute Gasteiger partial charge is 0.394 e. The van der Waals surface area contributed by atoms with E-state index in [0.29, 0.717) is 13.2 Å². The summed E-state index contributed by atoms with van der Waals surface area (Å²) in [6, 6.07) is 0. The minimum atomic E-state index is -1.67. The van der Waals surface area contributed by atoms with Crippen molar-refractivity contribution in [1.82, 2.24) is 0 Å². The molecule has 8 N–H and O–H groups in total. The third-order valence-corrected chi connectivity index (χ3v) is 1.98. The van der Waals surface area contributed by atoms with E-state index in [2.05, 4.69) is 4.74 Å². The van der Waals surface area contributed by atoms with Crippen molar-refractivity contribution in [2.45, 2.75) is 24.4 Å². The average Bonchev–Trinajstić information content (AvgIpc) is 2.45. The standard InChI is InChI=1S/C6H14O6.C4H10O3/c7-1-3(9)5(11)6(12)4(10)2-8;5-1-3-7-4-2-6/h3-12H,1-2H2;5-6H,1-4H2/t3-,4-,5-,6-;/m1./s1. The fourth-order valence-corrected chi connectivity index (χ4v) is 0.902. The Morgan fingerprint density at radius 1 is 0.632 bits per heavy atom. The summed E-state index contributed by atoms with van der Waals surface area (Å²) in [5, 5.41) is 68.3. The molecule has 0 unspecified atom stereocenters. The van der Waals surface area contributed by atoms with Crippen LogP contribution in [0.2, 0.25) is 0 Å². The van der Waals surface area contributed by atoms with Gasteiger partial charge in [-0.15, -0.1) is 0 Å². The van der Waals surface area contributed by atoms with Crippen molar-refractivity contribution in [2.24, 2.45) is 0 Å². The molecule has 0 rings (SSSR count). The average molecular weight is 288 g/mol. The van der Waals surface area contributed by atoms with Gasteiger partial charge in [0.25, 0.3) is 0 Å². The smallest absolute Gasteiger partial charge is 0.111 e. The van der Waals surface area contributed by atoms with Gasteiger partial charge in [-0.25, -0.2) is 0 Å². The summed E-state index contributed by atoms with van der Waals surface area (Å²) in [5.74, 6) is 0. The van der Waals surface area contributed by atoms with Crippen LogP contribution in [0.25, 0.3) is 0 Å². The van der Waals surface area contributed by atoms with E-state index < -0.39 is 37.6 Å². The third-order valence-electron chi connectivity index (χ3n) is 1.98. The first-order valence-corrected chi connectivity index (χ1v) is 5.69. The summed E-state index contributed by atoms with van der Waals surface area (Å²) >= 11 is 0. The molecule has 0 radical (unpaired) electrons. The quantitative estimate of drug-likeness (QED) is 0.194. The molecule has 9 nitrogen and oxygen atoms in total. The van der Waals surface area contributed by atoms with Gasteiger partial charge in [-0.2, -0.15) is 0 Å². The second kappa shape index (κ2) is 14.1. The van der Waals surface area contributed by atoms with Gasteiger partial charge in [0.05, 0.1) is 39.6 Å². The first-order chi connectivity index (χ1) is 8.95. The number of aliphatic hydroxyl groups is 8. The Hall–Kier alpha value is -0.360. The minimum Gasteiger partial charge on any atom is -0.394 e. The molecule has 0 aliphatic carbocycles. The topological polar surface area (TPSA) is 171 Å². The van der Waals surface area contributed by atoms with Crippen LogP contribution in [0.3, 0.4) is 0 Å². The maximum atomic E-state index is 8.96. The van der Waals surface area contributed by atoms with Crippen molar-refractivity contribution in [3.05, 3.63) is 0 Å². The zero-order valence-corrected chi connectivity index (χ0v) is 10.5. The van der Waals surface area contributed by atoms with Crippen molar-refractivity contribution in [3.8, 4) is 0 Å². The van der Waals surface area contributed by atoms with E-state index in [0.717, 1.165) is 0 Å². The van der Waals surface area contributed by atoms with Crippen molar-refractivity contribution in [1.29, 1.82) is 0 Å². The molecule has 0 saturated carbocycles. The molecule has 0 aromatic heterocycles. The van der Waals surface area contributed by atoms with Crippen LogP contribution in [0.1, 0.15) is 0 Å². The highest BCUT2D eigenvalue weighted by Gasteiger charge is 2.29. The normalized spacial score (nSPS) is 17.1. The fourth-order valence-electron chi connectivity index (χ4n) is 0.902. The van der Waals surface area contributed by atoms with Crippen molar-refractivity contribution < 1.29 is 45.6 Å². The van der Waals surface area contributed by atoms with Crippen LogP contribution in [-0.4, -0.2) is 105 Å². The molecule has 0 aliphatic rings. The van der Waals surface area contributed by atoms with Gasteiger partial charge in [-0.1, -0.05) is 0 Å². The molecule has 0 bridgehead atoms. The molecule has 118 valence electrons. The Labute approximate surface area is 110 Å². The summed E-state index contributed by atoms with van der Waals surface area (Å²) in [6.45, 7) is -0.756. The Balaban J connectivity index is 0. The maximum absolute atomic E-state index is 8.96. The van der Waals surface area contributed by atoms with Gasteiger partial charge in [-0.3, -0.25) is 0 Å². The zero-order chi connectivity index (χ0) is 15.3. The van der Waals surface area contributed by atoms with Crippen LogP contribution in [0.15, 0.2) is 0 Å². The van der Waals surface area contributed by atoms with E-state index in [-0.39, 0.29) is 13.2 Å². The molecular weight excluding hydrogens is 264 g/mol. The first-order valence-electron chi connectivity index (χ1n) is 5.69. The molecule has 0 aromatic carbocycles. The van der Waals surface area contributed by atoms with Gasteiger partial charge in [0.2, 0.25) is 0 Å². The molecule has 0 fully saturated rings. The second-order valence-electron chi connectivity index (χ2n) is 3.54. The molecule has 0 spiro atoms. The lowest BCUT2D eigenvalue weighted by molar-refractivity contribution is -0.123. The molecule has 19 heavy (non-hydrogen) atoms. The van der Waals surface area contributed by atoms with Gasteiger partial charge in [0.15, 0.2) is 0 Å². The molecule has 0 heterocycles. The Kier molecular flexibility index (Phi) is 15.5. The number of hydrogen-bond donors (Lipinski definition) is 8. The van der Waals surface area contributed by atoms with Crippen LogP contribution in [0.5, 0.6) is 0 Å². The fraction of sp³-hybridized carbons (Fsp3) is 1.00. The molecule has 9 heteroatoms. The summed E-state index contributed by atoms with van der Waals surface area (Å²) in [4.78, 5) is 0. The second-order valence-corrected chi connectivity index (χ2v) is 3.54. The van der Waals surface area contributed by atoms with Gasteiger partial charge >= 0.3 is 0 Å². The summed E-state index contributed by atoms with van der Waals surface area (Å²) in [6.07, 6.45) is -6.39. The highest BCUT2D eigenvalue weighted by Crippen LogP contribution is 2.03. The van der Waals surface area contributed by atoms with E-state index in [1.54, 1.807) is 0 Å². The number of aliphatic hydroxyl groups excluding tert-OH is 8. The summed E-state index contributed by atoms with van der Waals surface area (Å²) in [5.41, 5.74) is 0. The third kappa shape index (κ3) is 11.2. The Morgan fingerprint density at radius 2 is 0.947 bits per heavy atom. The SMILES string of the molecule is OCCOCCO.OC[C@@H](O)[C@@H](O)[C@H](O)[C@H](O)CO. The maximum Gasteiger partial charge on any atom is 0.111 e. The van der Waals surface area contributed by atoms with Gasteiger partial charge < -0.3 is 45.6 Å². The van der Waals surface area contributed by atoms with Crippen molar-refractivity contribution >= 4 is 0 Å². The Bertz CT molecular complexity index is 162. The van der Waals surface area contributed by atoms with Crippen molar-refractivity contribution in [2.75, 3.05) is 39.6 Å². The summed E-state index contributed by atoms with van der Waals surface area (Å²) < 4.78 is 4.63. The van der Waals surface area contributed by atoms with Gasteiger partial charge in [0.1, 0.15) is 24.4 Å². The number of ether oxygens (including phenoxy) is 1. The number of rotatable bonds is 9. The Morgan fingerprint density at radius 3 is 1.16 bits per heavy atom. The van der Waals surface area contributed by atoms with E-state index in [4.69, 9.17) is 40.9 Å². The highest BCUT2D eigenvalue weighted by molar-refractivity contribution is 4.79. The van der Waals surface area contributed by atoms with E-state index >= 15 is 0 Å².